The number of anilines is 1. The van der Waals surface area contributed by atoms with Crippen LogP contribution in [0.2, 0.25) is 0 Å². The number of rotatable bonds is 5. The van der Waals surface area contributed by atoms with Gasteiger partial charge >= 0.3 is 0 Å². The fourth-order valence-electron chi connectivity index (χ4n) is 3.49. The normalized spacial score (nSPS) is 11.1. The Morgan fingerprint density at radius 3 is 2.68 bits per heavy atom. The molecule has 2 heterocycles. The summed E-state index contributed by atoms with van der Waals surface area (Å²) in [4.78, 5) is 12.7. The number of para-hydroxylation sites is 1. The highest BCUT2D eigenvalue weighted by Crippen LogP contribution is 2.25. The lowest BCUT2D eigenvalue weighted by Crippen LogP contribution is -2.15. The molecule has 0 aliphatic carbocycles. The van der Waals surface area contributed by atoms with Crippen LogP contribution in [0.4, 0.5) is 5.69 Å². The van der Waals surface area contributed by atoms with Gasteiger partial charge in [0.05, 0.1) is 35.4 Å². The van der Waals surface area contributed by atoms with Crippen LogP contribution >= 0.6 is 0 Å². The molecule has 0 bridgehead atoms. The van der Waals surface area contributed by atoms with Gasteiger partial charge in [-0.3, -0.25) is 4.79 Å². The van der Waals surface area contributed by atoms with E-state index in [1.807, 2.05) is 61.0 Å². The minimum absolute atomic E-state index is 0.0823. The second kappa shape index (κ2) is 7.35. The van der Waals surface area contributed by atoms with Crippen molar-refractivity contribution in [2.75, 3.05) is 5.32 Å². The summed E-state index contributed by atoms with van der Waals surface area (Å²) < 4.78 is 7.51. The maximum Gasteiger partial charge on any atom is 0.229 e. The topological polar surface area (TPSA) is 60.1 Å². The highest BCUT2D eigenvalue weighted by molar-refractivity contribution is 5.96. The summed E-state index contributed by atoms with van der Waals surface area (Å²) >= 11 is 0. The lowest BCUT2D eigenvalue weighted by Gasteiger charge is -2.07. The Morgan fingerprint density at radius 1 is 1.14 bits per heavy atom. The van der Waals surface area contributed by atoms with Crippen LogP contribution in [0.5, 0.6) is 0 Å². The average molecular weight is 373 g/mol. The van der Waals surface area contributed by atoms with Gasteiger partial charge in [0, 0.05) is 10.9 Å². The van der Waals surface area contributed by atoms with Gasteiger partial charge in [0.25, 0.3) is 0 Å². The Hall–Kier alpha value is -3.34. The lowest BCUT2D eigenvalue weighted by molar-refractivity contribution is -0.115. The SMILES string of the molecule is CCc1ccc2c(CC(=O)Nc3c(C)nn(-c4ccccc4)c3C)coc2c1. The van der Waals surface area contributed by atoms with Crippen LogP contribution < -0.4 is 5.32 Å². The number of nitrogens with zero attached hydrogens (tertiary/aromatic N) is 2. The first kappa shape index (κ1) is 18.0. The van der Waals surface area contributed by atoms with E-state index in [1.54, 1.807) is 6.26 Å². The van der Waals surface area contributed by atoms with Gasteiger partial charge in [0.1, 0.15) is 5.58 Å². The Kier molecular flexibility index (Phi) is 4.74. The van der Waals surface area contributed by atoms with E-state index in [4.69, 9.17) is 4.42 Å². The number of aryl methyl sites for hydroxylation is 2. The van der Waals surface area contributed by atoms with Crippen molar-refractivity contribution < 1.29 is 9.21 Å². The Bertz CT molecular complexity index is 1140. The molecule has 0 spiro atoms. The Labute approximate surface area is 164 Å². The standard InChI is InChI=1S/C23H23N3O2/c1-4-17-10-11-20-18(14-28-21(20)12-17)13-22(27)24-23-15(2)25-26(16(23)3)19-8-6-5-7-9-19/h5-12,14H,4,13H2,1-3H3,(H,24,27). The maximum absolute atomic E-state index is 12.7. The number of furan rings is 1. The van der Waals surface area contributed by atoms with Gasteiger partial charge < -0.3 is 9.73 Å². The largest absolute Gasteiger partial charge is 0.464 e. The second-order valence-corrected chi connectivity index (χ2v) is 6.96. The fourth-order valence-corrected chi connectivity index (χ4v) is 3.49. The second-order valence-electron chi connectivity index (χ2n) is 6.96. The van der Waals surface area contributed by atoms with Crippen LogP contribution in [0.1, 0.15) is 29.4 Å². The number of benzene rings is 2. The number of amides is 1. The van der Waals surface area contributed by atoms with Crippen LogP contribution in [0.15, 0.2) is 59.2 Å². The van der Waals surface area contributed by atoms with Crippen molar-refractivity contribution in [1.82, 2.24) is 9.78 Å². The Balaban J connectivity index is 1.56. The predicted octanol–water partition coefficient (Wildman–Crippen LogP) is 4.98. The van der Waals surface area contributed by atoms with Gasteiger partial charge in [-0.15, -0.1) is 0 Å². The van der Waals surface area contributed by atoms with Crippen molar-refractivity contribution >= 4 is 22.6 Å². The quantitative estimate of drug-likeness (QED) is 0.537. The molecular formula is C23H23N3O2. The molecule has 4 aromatic rings. The number of aromatic nitrogens is 2. The van der Waals surface area contributed by atoms with Crippen molar-refractivity contribution in [2.24, 2.45) is 0 Å². The number of hydrogen-bond donors (Lipinski definition) is 1. The molecule has 0 radical (unpaired) electrons. The van der Waals surface area contributed by atoms with Gasteiger partial charge in [0.15, 0.2) is 0 Å². The molecule has 1 amide bonds. The third kappa shape index (κ3) is 3.31. The van der Waals surface area contributed by atoms with E-state index < -0.39 is 0 Å². The third-order valence-electron chi connectivity index (χ3n) is 5.04. The van der Waals surface area contributed by atoms with E-state index in [9.17, 15) is 4.79 Å². The summed E-state index contributed by atoms with van der Waals surface area (Å²) in [5.41, 5.74) is 6.36. The maximum atomic E-state index is 12.7. The van der Waals surface area contributed by atoms with Gasteiger partial charge in [-0.25, -0.2) is 4.68 Å². The van der Waals surface area contributed by atoms with Crippen LogP contribution in [-0.2, 0) is 17.6 Å². The molecule has 0 aliphatic heterocycles. The highest BCUT2D eigenvalue weighted by Gasteiger charge is 2.17. The van der Waals surface area contributed by atoms with Crippen molar-refractivity contribution in [3.8, 4) is 5.69 Å². The summed E-state index contributed by atoms with van der Waals surface area (Å²) in [5, 5.41) is 8.60. The zero-order chi connectivity index (χ0) is 19.7. The van der Waals surface area contributed by atoms with E-state index in [0.29, 0.717) is 0 Å². The van der Waals surface area contributed by atoms with Gasteiger partial charge in [-0.05, 0) is 44.0 Å². The third-order valence-corrected chi connectivity index (χ3v) is 5.04. The molecule has 4 rings (SSSR count). The number of carbonyl (C=O) groups excluding carboxylic acids is 1. The van der Waals surface area contributed by atoms with E-state index in [2.05, 4.69) is 23.4 Å². The predicted molar refractivity (Wildman–Crippen MR) is 111 cm³/mol. The number of nitrogens with one attached hydrogen (secondary N) is 1. The molecular weight excluding hydrogens is 350 g/mol. The molecule has 0 saturated carbocycles. The molecule has 28 heavy (non-hydrogen) atoms. The Morgan fingerprint density at radius 2 is 1.93 bits per heavy atom. The first-order valence-electron chi connectivity index (χ1n) is 9.47. The molecule has 0 unspecified atom stereocenters. The molecule has 0 atom stereocenters. The molecule has 5 heteroatoms. The molecule has 142 valence electrons. The highest BCUT2D eigenvalue weighted by atomic mass is 16.3. The van der Waals surface area contributed by atoms with Crippen LogP contribution in [-0.4, -0.2) is 15.7 Å². The summed E-state index contributed by atoms with van der Waals surface area (Å²) in [6, 6.07) is 16.0. The lowest BCUT2D eigenvalue weighted by atomic mass is 10.1. The summed E-state index contributed by atoms with van der Waals surface area (Å²) in [7, 11) is 0. The van der Waals surface area contributed by atoms with Crippen molar-refractivity contribution in [3.05, 3.63) is 77.3 Å². The number of fused-ring (bicyclic) bond motifs is 1. The first-order chi connectivity index (χ1) is 13.6. The smallest absolute Gasteiger partial charge is 0.229 e. The van der Waals surface area contributed by atoms with Crippen molar-refractivity contribution in [2.45, 2.75) is 33.6 Å². The van der Waals surface area contributed by atoms with Crippen LogP contribution in [0, 0.1) is 13.8 Å². The van der Waals surface area contributed by atoms with E-state index in [0.717, 1.165) is 45.7 Å². The van der Waals surface area contributed by atoms with Crippen molar-refractivity contribution in [1.29, 1.82) is 0 Å². The van der Waals surface area contributed by atoms with Crippen LogP contribution in [0.25, 0.3) is 16.7 Å². The van der Waals surface area contributed by atoms with Gasteiger partial charge in [-0.1, -0.05) is 37.3 Å². The molecule has 0 saturated heterocycles. The van der Waals surface area contributed by atoms with Gasteiger partial charge in [0.2, 0.25) is 5.91 Å². The van der Waals surface area contributed by atoms with Crippen molar-refractivity contribution in [3.63, 3.8) is 0 Å². The minimum atomic E-state index is -0.0823. The number of carbonyl (C=O) groups is 1. The summed E-state index contributed by atoms with van der Waals surface area (Å²) in [6.07, 6.45) is 2.89. The summed E-state index contributed by atoms with van der Waals surface area (Å²) in [6.45, 7) is 5.97. The summed E-state index contributed by atoms with van der Waals surface area (Å²) in [5.74, 6) is -0.0823. The van der Waals surface area contributed by atoms with E-state index >= 15 is 0 Å². The minimum Gasteiger partial charge on any atom is -0.464 e. The van der Waals surface area contributed by atoms with Crippen LogP contribution in [0.3, 0.4) is 0 Å². The fraction of sp³-hybridized carbons (Fsp3) is 0.217. The molecule has 0 fully saturated rings. The monoisotopic (exact) mass is 373 g/mol. The molecule has 2 aromatic heterocycles. The van der Waals surface area contributed by atoms with Gasteiger partial charge in [-0.2, -0.15) is 5.10 Å². The molecule has 2 aromatic carbocycles. The van der Waals surface area contributed by atoms with E-state index in [1.165, 1.54) is 5.56 Å². The first-order valence-corrected chi connectivity index (χ1v) is 9.47. The van der Waals surface area contributed by atoms with E-state index in [-0.39, 0.29) is 12.3 Å². The molecule has 5 nitrogen and oxygen atoms in total. The molecule has 1 N–H and O–H groups in total. The zero-order valence-corrected chi connectivity index (χ0v) is 16.3. The average Bonchev–Trinajstić information content (AvgIpc) is 3.23. The molecule has 0 aliphatic rings. The zero-order valence-electron chi connectivity index (χ0n) is 16.3. The number of hydrogen-bond acceptors (Lipinski definition) is 3.